The van der Waals surface area contributed by atoms with E-state index in [1.165, 1.54) is 0 Å². The predicted molar refractivity (Wildman–Crippen MR) is 97.5 cm³/mol. The Bertz CT molecular complexity index is 843. The van der Waals surface area contributed by atoms with Crippen LogP contribution in [0.1, 0.15) is 18.0 Å². The van der Waals surface area contributed by atoms with Crippen molar-refractivity contribution in [2.75, 3.05) is 13.7 Å². The van der Waals surface area contributed by atoms with Gasteiger partial charge in [0.2, 0.25) is 5.91 Å². The number of hydrogen-bond donors (Lipinski definition) is 2. The van der Waals surface area contributed by atoms with E-state index in [0.717, 1.165) is 22.2 Å². The van der Waals surface area contributed by atoms with Gasteiger partial charge in [-0.2, -0.15) is 0 Å². The number of carbonyl (C=O) groups excluding carboxylic acids is 1. The summed E-state index contributed by atoms with van der Waals surface area (Å²) in [5.74, 6) is 0.706. The molecule has 0 aliphatic heterocycles. The number of amides is 1. The molecule has 3 aromatic rings. The van der Waals surface area contributed by atoms with Gasteiger partial charge < -0.3 is 19.7 Å². The molecular weight excluding hydrogens is 316 g/mol. The second-order valence-electron chi connectivity index (χ2n) is 5.91. The maximum Gasteiger partial charge on any atom is 0.240 e. The first-order chi connectivity index (χ1) is 12.2. The molecular formula is C20H22N2O3. The summed E-state index contributed by atoms with van der Waals surface area (Å²) in [6.07, 6.45) is 2.38. The molecule has 1 atom stereocenters. The molecule has 5 nitrogen and oxygen atoms in total. The molecule has 0 spiro atoms. The largest absolute Gasteiger partial charge is 0.497 e. The fourth-order valence-corrected chi connectivity index (χ4v) is 2.97. The van der Waals surface area contributed by atoms with E-state index in [1.807, 2.05) is 65.4 Å². The molecule has 0 saturated heterocycles. The summed E-state index contributed by atoms with van der Waals surface area (Å²) in [7, 11) is 1.64. The summed E-state index contributed by atoms with van der Waals surface area (Å²) < 4.78 is 7.14. The Labute approximate surface area is 146 Å². The van der Waals surface area contributed by atoms with Gasteiger partial charge >= 0.3 is 0 Å². The van der Waals surface area contributed by atoms with Crippen LogP contribution < -0.4 is 10.1 Å². The van der Waals surface area contributed by atoms with Crippen molar-refractivity contribution >= 4 is 16.8 Å². The van der Waals surface area contributed by atoms with Crippen LogP contribution in [0.5, 0.6) is 5.75 Å². The van der Waals surface area contributed by atoms with Crippen LogP contribution in [-0.2, 0) is 11.3 Å². The number of aliphatic hydroxyl groups excluding tert-OH is 1. The Morgan fingerprint density at radius 1 is 1.20 bits per heavy atom. The van der Waals surface area contributed by atoms with Crippen molar-refractivity contribution in [3.8, 4) is 5.75 Å². The molecule has 0 fully saturated rings. The number of ether oxygens (including phenoxy) is 1. The first-order valence-electron chi connectivity index (χ1n) is 8.29. The fraction of sp³-hybridized carbons (Fsp3) is 0.250. The van der Waals surface area contributed by atoms with Gasteiger partial charge in [-0.05, 0) is 36.2 Å². The number of nitrogens with one attached hydrogen (secondary N) is 1. The highest BCUT2D eigenvalue weighted by Crippen LogP contribution is 2.22. The molecule has 0 aliphatic carbocycles. The molecule has 1 aromatic heterocycles. The van der Waals surface area contributed by atoms with Crippen LogP contribution in [0.25, 0.3) is 10.9 Å². The van der Waals surface area contributed by atoms with Gasteiger partial charge in [0, 0.05) is 23.7 Å². The number of methoxy groups -OCH3 is 1. The number of aromatic nitrogens is 1. The van der Waals surface area contributed by atoms with Crippen LogP contribution in [0.4, 0.5) is 0 Å². The Kier molecular flexibility index (Phi) is 5.36. The normalized spacial score (nSPS) is 12.1. The zero-order chi connectivity index (χ0) is 17.6. The van der Waals surface area contributed by atoms with Crippen molar-refractivity contribution in [2.24, 2.45) is 0 Å². The Hall–Kier alpha value is -2.79. The molecule has 2 N–H and O–H groups in total. The molecule has 0 aliphatic rings. The van der Waals surface area contributed by atoms with E-state index in [-0.39, 0.29) is 25.1 Å². The first-order valence-corrected chi connectivity index (χ1v) is 8.29. The second kappa shape index (κ2) is 7.85. The third-order valence-electron chi connectivity index (χ3n) is 4.25. The van der Waals surface area contributed by atoms with Crippen LogP contribution in [0.15, 0.2) is 60.8 Å². The molecule has 1 heterocycles. The van der Waals surface area contributed by atoms with E-state index in [4.69, 9.17) is 4.74 Å². The lowest BCUT2D eigenvalue weighted by atomic mass is 10.0. The summed E-state index contributed by atoms with van der Waals surface area (Å²) in [4.78, 5) is 12.5. The maximum atomic E-state index is 12.5. The molecule has 0 radical (unpaired) electrons. The Morgan fingerprint density at radius 2 is 2.00 bits per heavy atom. The van der Waals surface area contributed by atoms with Gasteiger partial charge in [0.05, 0.1) is 13.2 Å². The van der Waals surface area contributed by atoms with E-state index < -0.39 is 0 Å². The van der Waals surface area contributed by atoms with E-state index in [2.05, 4.69) is 5.32 Å². The number of aliphatic hydroxyl groups is 1. The Balaban J connectivity index is 1.73. The van der Waals surface area contributed by atoms with E-state index >= 15 is 0 Å². The Morgan fingerprint density at radius 3 is 2.72 bits per heavy atom. The zero-order valence-electron chi connectivity index (χ0n) is 14.2. The highest BCUT2D eigenvalue weighted by atomic mass is 16.5. The lowest BCUT2D eigenvalue weighted by molar-refractivity contribution is -0.122. The number of nitrogens with zero attached hydrogens (tertiary/aromatic N) is 1. The SMILES string of the molecule is COc1ccc2c(ccn2CC(=O)NC(CCO)c2ccccc2)c1. The third-order valence-corrected chi connectivity index (χ3v) is 4.25. The van der Waals surface area contributed by atoms with Crippen LogP contribution >= 0.6 is 0 Å². The fourth-order valence-electron chi connectivity index (χ4n) is 2.97. The average molecular weight is 338 g/mol. The van der Waals surface area contributed by atoms with Gasteiger partial charge in [-0.15, -0.1) is 0 Å². The quantitative estimate of drug-likeness (QED) is 0.696. The lowest BCUT2D eigenvalue weighted by Gasteiger charge is -2.18. The van der Waals surface area contributed by atoms with E-state index in [9.17, 15) is 9.90 Å². The minimum Gasteiger partial charge on any atom is -0.497 e. The first kappa shape index (κ1) is 17.0. The van der Waals surface area contributed by atoms with Gasteiger partial charge in [-0.3, -0.25) is 4.79 Å². The molecule has 5 heteroatoms. The van der Waals surface area contributed by atoms with Gasteiger partial charge in [0.25, 0.3) is 0 Å². The van der Waals surface area contributed by atoms with Gasteiger partial charge in [0.1, 0.15) is 12.3 Å². The van der Waals surface area contributed by atoms with Crippen molar-refractivity contribution < 1.29 is 14.6 Å². The smallest absolute Gasteiger partial charge is 0.240 e. The monoisotopic (exact) mass is 338 g/mol. The van der Waals surface area contributed by atoms with Crippen LogP contribution in [0, 0.1) is 0 Å². The summed E-state index contributed by atoms with van der Waals surface area (Å²) in [6, 6.07) is 17.3. The topological polar surface area (TPSA) is 63.5 Å². The zero-order valence-corrected chi connectivity index (χ0v) is 14.2. The number of benzene rings is 2. The highest BCUT2D eigenvalue weighted by Gasteiger charge is 2.15. The summed E-state index contributed by atoms with van der Waals surface area (Å²) in [5.41, 5.74) is 1.97. The van der Waals surface area contributed by atoms with Crippen LogP contribution in [0.3, 0.4) is 0 Å². The molecule has 3 rings (SSSR count). The second-order valence-corrected chi connectivity index (χ2v) is 5.91. The molecule has 0 bridgehead atoms. The number of fused-ring (bicyclic) bond motifs is 1. The number of rotatable bonds is 7. The summed E-state index contributed by atoms with van der Waals surface area (Å²) in [6.45, 7) is 0.247. The number of hydrogen-bond acceptors (Lipinski definition) is 3. The van der Waals surface area contributed by atoms with Crippen LogP contribution in [-0.4, -0.2) is 29.3 Å². The lowest BCUT2D eigenvalue weighted by Crippen LogP contribution is -2.32. The average Bonchev–Trinajstić information content (AvgIpc) is 3.04. The van der Waals surface area contributed by atoms with Gasteiger partial charge in [-0.25, -0.2) is 0 Å². The van der Waals surface area contributed by atoms with Gasteiger partial charge in [-0.1, -0.05) is 30.3 Å². The van der Waals surface area contributed by atoms with Crippen LogP contribution in [0.2, 0.25) is 0 Å². The molecule has 2 aromatic carbocycles. The summed E-state index contributed by atoms with van der Waals surface area (Å²) in [5, 5.41) is 13.3. The van der Waals surface area contributed by atoms with Crippen molar-refractivity contribution in [1.82, 2.24) is 9.88 Å². The number of carbonyl (C=O) groups is 1. The molecule has 130 valence electrons. The van der Waals surface area contributed by atoms with Crippen molar-refractivity contribution in [2.45, 2.75) is 19.0 Å². The molecule has 1 amide bonds. The van der Waals surface area contributed by atoms with Crippen molar-refractivity contribution in [1.29, 1.82) is 0 Å². The predicted octanol–water partition coefficient (Wildman–Crippen LogP) is 2.89. The highest BCUT2D eigenvalue weighted by molar-refractivity contribution is 5.84. The molecule has 25 heavy (non-hydrogen) atoms. The third kappa shape index (κ3) is 4.00. The van der Waals surface area contributed by atoms with Gasteiger partial charge in [0.15, 0.2) is 0 Å². The summed E-state index contributed by atoms with van der Waals surface area (Å²) >= 11 is 0. The molecule has 0 saturated carbocycles. The maximum absolute atomic E-state index is 12.5. The molecule has 1 unspecified atom stereocenters. The van der Waals surface area contributed by atoms with E-state index in [0.29, 0.717) is 6.42 Å². The van der Waals surface area contributed by atoms with Crippen molar-refractivity contribution in [3.63, 3.8) is 0 Å². The standard InChI is InChI=1S/C20H22N2O3/c1-25-17-7-8-19-16(13-17)9-11-22(19)14-20(24)21-18(10-12-23)15-5-3-2-4-6-15/h2-9,11,13,18,23H,10,12,14H2,1H3,(H,21,24). The van der Waals surface area contributed by atoms with Crippen molar-refractivity contribution in [3.05, 3.63) is 66.4 Å². The minimum atomic E-state index is -0.194. The minimum absolute atomic E-state index is 0.0199. The van der Waals surface area contributed by atoms with E-state index in [1.54, 1.807) is 7.11 Å².